The van der Waals surface area contributed by atoms with Crippen LogP contribution in [0.4, 0.5) is 5.69 Å². The second-order valence-electron chi connectivity index (χ2n) is 7.20. The molecule has 134 valence electrons. The number of anilines is 1. The Labute approximate surface area is 158 Å². The van der Waals surface area contributed by atoms with Gasteiger partial charge in [-0.2, -0.15) is 0 Å². The molecule has 3 nitrogen and oxygen atoms in total. The number of benzene rings is 3. The maximum absolute atomic E-state index is 13.0. The summed E-state index contributed by atoms with van der Waals surface area (Å²) in [6, 6.07) is 20.5. The van der Waals surface area contributed by atoms with Gasteiger partial charge in [0.05, 0.1) is 13.2 Å². The monoisotopic (exact) mass is 355 g/mol. The predicted octanol–water partition coefficient (Wildman–Crippen LogP) is 5.52. The second-order valence-corrected chi connectivity index (χ2v) is 7.20. The van der Waals surface area contributed by atoms with Crippen molar-refractivity contribution in [1.82, 2.24) is 0 Å². The van der Waals surface area contributed by atoms with Crippen molar-refractivity contribution in [3.05, 3.63) is 77.4 Å². The van der Waals surface area contributed by atoms with E-state index >= 15 is 0 Å². The van der Waals surface area contributed by atoms with Crippen molar-refractivity contribution in [3.63, 3.8) is 0 Å². The molecule has 0 radical (unpaired) electrons. The van der Waals surface area contributed by atoms with Crippen LogP contribution in [0.3, 0.4) is 0 Å². The molecule has 3 aromatic rings. The van der Waals surface area contributed by atoms with Crippen molar-refractivity contribution in [3.8, 4) is 5.75 Å². The molecule has 0 saturated heterocycles. The minimum absolute atomic E-state index is 0.169. The Bertz CT molecular complexity index is 1100. The summed E-state index contributed by atoms with van der Waals surface area (Å²) in [5.41, 5.74) is 5.42. The predicted molar refractivity (Wildman–Crippen MR) is 109 cm³/mol. The van der Waals surface area contributed by atoms with Gasteiger partial charge in [0, 0.05) is 28.8 Å². The van der Waals surface area contributed by atoms with Crippen molar-refractivity contribution in [1.29, 1.82) is 0 Å². The van der Waals surface area contributed by atoms with E-state index in [1.54, 1.807) is 7.11 Å². The van der Waals surface area contributed by atoms with Gasteiger partial charge in [-0.1, -0.05) is 48.5 Å². The number of Topliss-reactive ketones (excluding diaryl/α,β-unsaturated/α-hetero) is 1. The fraction of sp³-hybridized carbons (Fsp3) is 0.208. The minimum atomic E-state index is -0.169. The van der Waals surface area contributed by atoms with Crippen molar-refractivity contribution < 1.29 is 9.53 Å². The van der Waals surface area contributed by atoms with Gasteiger partial charge >= 0.3 is 0 Å². The molecular formula is C24H21NO2. The molecule has 1 heterocycles. The molecule has 0 amide bonds. The first kappa shape index (κ1) is 16.1. The van der Waals surface area contributed by atoms with Gasteiger partial charge in [0.1, 0.15) is 5.75 Å². The Hall–Kier alpha value is -3.07. The molecule has 1 N–H and O–H groups in total. The summed E-state index contributed by atoms with van der Waals surface area (Å²) in [6.07, 6.45) is 2.47. The van der Waals surface area contributed by atoms with E-state index in [4.69, 9.17) is 4.74 Å². The Morgan fingerprint density at radius 2 is 1.78 bits per heavy atom. The molecule has 0 bridgehead atoms. The van der Waals surface area contributed by atoms with E-state index in [9.17, 15) is 4.79 Å². The number of para-hydroxylation sites is 1. The van der Waals surface area contributed by atoms with Crippen LogP contribution in [-0.4, -0.2) is 12.9 Å². The molecule has 0 spiro atoms. The van der Waals surface area contributed by atoms with Gasteiger partial charge < -0.3 is 10.1 Å². The third-order valence-electron chi connectivity index (χ3n) is 5.73. The maximum atomic E-state index is 13.0. The molecule has 1 aliphatic carbocycles. The van der Waals surface area contributed by atoms with Gasteiger partial charge in [-0.15, -0.1) is 0 Å². The molecule has 0 saturated carbocycles. The molecule has 1 aliphatic heterocycles. The molecule has 2 aliphatic rings. The number of hydrogen-bond acceptors (Lipinski definition) is 3. The summed E-state index contributed by atoms with van der Waals surface area (Å²) in [5.74, 6) is 1.06. The zero-order valence-electron chi connectivity index (χ0n) is 15.3. The molecule has 1 atom stereocenters. The molecule has 1 unspecified atom stereocenters. The molecule has 3 aromatic carbocycles. The second kappa shape index (κ2) is 6.27. The first-order valence-corrected chi connectivity index (χ1v) is 9.46. The quantitative estimate of drug-likeness (QED) is 0.657. The number of ketones is 1. The van der Waals surface area contributed by atoms with Crippen LogP contribution in [0.5, 0.6) is 5.75 Å². The Morgan fingerprint density at radius 3 is 2.67 bits per heavy atom. The van der Waals surface area contributed by atoms with E-state index in [1.165, 1.54) is 21.9 Å². The third-order valence-corrected chi connectivity index (χ3v) is 5.73. The van der Waals surface area contributed by atoms with E-state index in [1.807, 2.05) is 18.2 Å². The van der Waals surface area contributed by atoms with Gasteiger partial charge in [0.25, 0.3) is 0 Å². The van der Waals surface area contributed by atoms with Crippen LogP contribution in [0.25, 0.3) is 16.3 Å². The van der Waals surface area contributed by atoms with E-state index in [-0.39, 0.29) is 11.8 Å². The van der Waals surface area contributed by atoms with Gasteiger partial charge in [0.2, 0.25) is 0 Å². The standard InChI is InChI=1S/C24H21NO2/c1-27-21-12-5-4-9-17(21)24-23-18(10-6-11-20(23)26)22-16-8-3-2-7-15(16)13-14-19(22)25-24/h2-5,7-9,12-14,24-25H,6,10-11H2,1H3. The summed E-state index contributed by atoms with van der Waals surface area (Å²) >= 11 is 0. The number of carbonyl (C=O) groups excluding carboxylic acids is 1. The number of hydrogen-bond donors (Lipinski definition) is 1. The first-order chi connectivity index (χ1) is 13.3. The number of carbonyl (C=O) groups is 1. The highest BCUT2D eigenvalue weighted by Crippen LogP contribution is 2.49. The lowest BCUT2D eigenvalue weighted by Gasteiger charge is -2.35. The highest BCUT2D eigenvalue weighted by atomic mass is 16.5. The van der Waals surface area contributed by atoms with Crippen LogP contribution in [0.2, 0.25) is 0 Å². The fourth-order valence-corrected chi connectivity index (χ4v) is 4.54. The SMILES string of the molecule is COc1ccccc1C1Nc2ccc3ccccc3c2C2=C1C(=O)CCC2. The Morgan fingerprint density at radius 1 is 0.963 bits per heavy atom. The highest BCUT2D eigenvalue weighted by molar-refractivity contribution is 6.12. The molecule has 5 rings (SSSR count). The molecule has 27 heavy (non-hydrogen) atoms. The summed E-state index contributed by atoms with van der Waals surface area (Å²) in [4.78, 5) is 13.0. The van der Waals surface area contributed by atoms with Crippen molar-refractivity contribution in [2.75, 3.05) is 12.4 Å². The zero-order valence-corrected chi connectivity index (χ0v) is 15.3. The van der Waals surface area contributed by atoms with Crippen LogP contribution >= 0.6 is 0 Å². The number of fused-ring (bicyclic) bond motifs is 4. The lowest BCUT2D eigenvalue weighted by molar-refractivity contribution is -0.116. The molecule has 0 fully saturated rings. The van der Waals surface area contributed by atoms with Gasteiger partial charge in [0.15, 0.2) is 5.78 Å². The Kier molecular flexibility index (Phi) is 3.75. The molecule has 3 heteroatoms. The highest BCUT2D eigenvalue weighted by Gasteiger charge is 2.35. The number of nitrogens with one attached hydrogen (secondary N) is 1. The fourth-order valence-electron chi connectivity index (χ4n) is 4.54. The average Bonchev–Trinajstić information content (AvgIpc) is 2.73. The van der Waals surface area contributed by atoms with E-state index in [0.717, 1.165) is 35.4 Å². The van der Waals surface area contributed by atoms with Crippen LogP contribution < -0.4 is 10.1 Å². The maximum Gasteiger partial charge on any atom is 0.161 e. The van der Waals surface area contributed by atoms with Gasteiger partial charge in [-0.05, 0) is 41.3 Å². The van der Waals surface area contributed by atoms with Crippen molar-refractivity contribution in [2.45, 2.75) is 25.3 Å². The van der Waals surface area contributed by atoms with E-state index < -0.39 is 0 Å². The van der Waals surface area contributed by atoms with Crippen LogP contribution in [0.15, 0.2) is 66.2 Å². The van der Waals surface area contributed by atoms with E-state index in [2.05, 4.69) is 47.8 Å². The summed E-state index contributed by atoms with van der Waals surface area (Å²) in [6.45, 7) is 0. The lowest BCUT2D eigenvalue weighted by Crippen LogP contribution is -2.27. The minimum Gasteiger partial charge on any atom is -0.496 e. The topological polar surface area (TPSA) is 38.3 Å². The summed E-state index contributed by atoms with van der Waals surface area (Å²) < 4.78 is 5.60. The third kappa shape index (κ3) is 2.46. The first-order valence-electron chi connectivity index (χ1n) is 9.46. The van der Waals surface area contributed by atoms with E-state index in [0.29, 0.717) is 6.42 Å². The van der Waals surface area contributed by atoms with Crippen molar-refractivity contribution in [2.24, 2.45) is 0 Å². The van der Waals surface area contributed by atoms with Crippen LogP contribution in [0.1, 0.15) is 36.4 Å². The lowest BCUT2D eigenvalue weighted by atomic mass is 9.76. The zero-order chi connectivity index (χ0) is 18.4. The van der Waals surface area contributed by atoms with Crippen LogP contribution in [-0.2, 0) is 4.79 Å². The molecule has 0 aromatic heterocycles. The number of ether oxygens (including phenoxy) is 1. The van der Waals surface area contributed by atoms with Crippen molar-refractivity contribution >= 4 is 27.8 Å². The largest absolute Gasteiger partial charge is 0.496 e. The van der Waals surface area contributed by atoms with Gasteiger partial charge in [-0.25, -0.2) is 0 Å². The average molecular weight is 355 g/mol. The molecular weight excluding hydrogens is 334 g/mol. The Balaban J connectivity index is 1.80. The number of allylic oxidation sites excluding steroid dienone is 1. The normalized spacial score (nSPS) is 18.7. The van der Waals surface area contributed by atoms with Gasteiger partial charge in [-0.3, -0.25) is 4.79 Å². The summed E-state index contributed by atoms with van der Waals surface area (Å²) in [7, 11) is 1.68. The smallest absolute Gasteiger partial charge is 0.161 e. The number of rotatable bonds is 2. The summed E-state index contributed by atoms with van der Waals surface area (Å²) in [5, 5.41) is 6.07. The number of methoxy groups -OCH3 is 1. The van der Waals surface area contributed by atoms with Crippen LogP contribution in [0, 0.1) is 0 Å².